The second kappa shape index (κ2) is 13.6. The van der Waals surface area contributed by atoms with Crippen molar-refractivity contribution in [2.75, 3.05) is 0 Å². The van der Waals surface area contributed by atoms with Crippen LogP contribution in [0.25, 0.3) is 33.7 Å². The maximum absolute atomic E-state index is 4.22. The first kappa shape index (κ1) is 36.9. The summed E-state index contributed by atoms with van der Waals surface area (Å²) in [6, 6.07) is 37.0. The van der Waals surface area contributed by atoms with Crippen molar-refractivity contribution in [3.8, 4) is 22.6 Å². The van der Waals surface area contributed by atoms with E-state index < -0.39 is 0 Å². The summed E-state index contributed by atoms with van der Waals surface area (Å²) in [5.41, 5.74) is 15.4. The van der Waals surface area contributed by atoms with E-state index in [0.29, 0.717) is 11.8 Å². The Hall–Kier alpha value is -3.85. The van der Waals surface area contributed by atoms with Gasteiger partial charge in [-0.05, 0) is 63.2 Å². The zero-order chi connectivity index (χ0) is 35.6. The third-order valence-electron chi connectivity index (χ3n) is 11.3. The minimum atomic E-state index is -0.128. The monoisotopic (exact) mass is 850 g/mol. The first-order valence-corrected chi connectivity index (χ1v) is 18.3. The Balaban J connectivity index is 0.000000291. The van der Waals surface area contributed by atoms with Gasteiger partial charge < -0.3 is 9.55 Å². The molecule has 0 spiro atoms. The summed E-state index contributed by atoms with van der Waals surface area (Å²) in [5.74, 6) is 0.836. The third-order valence-corrected chi connectivity index (χ3v) is 11.3. The van der Waals surface area contributed by atoms with Gasteiger partial charge in [0.2, 0.25) is 0 Å². The normalized spacial score (nSPS) is 16.2. The molecule has 3 heterocycles. The number of rotatable bonds is 4. The summed E-state index contributed by atoms with van der Waals surface area (Å²) < 4.78 is 4.70. The van der Waals surface area contributed by atoms with Gasteiger partial charge in [-0.3, -0.25) is 4.57 Å². The molecule has 0 unspecified atom stereocenters. The smallest absolute Gasteiger partial charge is 0.314 e. The molecule has 0 atom stereocenters. The first-order chi connectivity index (χ1) is 23.7. The number of fused-ring (bicyclic) bond motifs is 3. The van der Waals surface area contributed by atoms with E-state index in [1.807, 2.05) is 42.5 Å². The van der Waals surface area contributed by atoms with Gasteiger partial charge in [-0.15, -0.1) is 47.0 Å². The van der Waals surface area contributed by atoms with E-state index in [1.165, 1.54) is 68.6 Å². The molecule has 2 aromatic heterocycles. The number of para-hydroxylation sites is 2. The van der Waals surface area contributed by atoms with E-state index in [-0.39, 0.29) is 36.4 Å². The van der Waals surface area contributed by atoms with Crippen LogP contribution in [-0.4, -0.2) is 9.55 Å². The van der Waals surface area contributed by atoms with Gasteiger partial charge >= 0.3 is 20.1 Å². The molecule has 0 saturated carbocycles. The minimum absolute atomic E-state index is 0. The molecule has 0 radical (unpaired) electrons. The number of nitrogens with zero attached hydrogens (tertiary/aromatic N) is 3. The van der Waals surface area contributed by atoms with Crippen LogP contribution < -0.4 is 4.57 Å². The van der Waals surface area contributed by atoms with Gasteiger partial charge in [0.05, 0.1) is 16.7 Å². The molecule has 262 valence electrons. The molecule has 1 aliphatic heterocycles. The van der Waals surface area contributed by atoms with Crippen LogP contribution >= 0.6 is 0 Å². The number of hydrogen-bond acceptors (Lipinski definition) is 1. The molecule has 8 rings (SSSR count). The Morgan fingerprint density at radius 3 is 2.02 bits per heavy atom. The maximum atomic E-state index is 4.22. The van der Waals surface area contributed by atoms with Crippen LogP contribution in [-0.2, 0) is 36.4 Å². The summed E-state index contributed by atoms with van der Waals surface area (Å²) in [5, 5.41) is 0. The fourth-order valence-corrected chi connectivity index (χ4v) is 8.12. The molecule has 4 aromatic carbocycles. The van der Waals surface area contributed by atoms with Gasteiger partial charge in [-0.1, -0.05) is 130 Å². The zero-order valence-corrected chi connectivity index (χ0v) is 34.3. The quantitative estimate of drug-likeness (QED) is 0.128. The average Bonchev–Trinajstić information content (AvgIpc) is 3.49. The fourth-order valence-electron chi connectivity index (χ4n) is 8.12. The topological polar surface area (TPSA) is 21.7 Å². The predicted molar refractivity (Wildman–Crippen MR) is 207 cm³/mol. The van der Waals surface area contributed by atoms with Gasteiger partial charge in [0, 0.05) is 6.20 Å². The molecule has 51 heavy (non-hydrogen) atoms. The predicted octanol–water partition coefficient (Wildman–Crippen LogP) is 11.3. The molecular weight excluding hydrogens is 799 g/mol. The van der Waals surface area contributed by atoms with Gasteiger partial charge in [0.15, 0.2) is 0 Å². The second-order valence-electron chi connectivity index (χ2n) is 16.7. The number of hydrogen-bond donors (Lipinski definition) is 0. The molecule has 4 heteroatoms. The number of benzene rings is 4. The zero-order valence-electron chi connectivity index (χ0n) is 31.9. The average molecular weight is 850 g/mol. The van der Waals surface area contributed by atoms with Crippen molar-refractivity contribution in [3.05, 3.63) is 143 Å². The Kier molecular flexibility index (Phi) is 9.85. The molecule has 2 aliphatic rings. The van der Waals surface area contributed by atoms with E-state index in [9.17, 15) is 0 Å². The molecular formula is C47H51IrN3+. The third kappa shape index (κ3) is 6.34. The van der Waals surface area contributed by atoms with E-state index in [4.69, 9.17) is 0 Å². The summed E-state index contributed by atoms with van der Waals surface area (Å²) in [6.45, 7) is 23.6. The van der Waals surface area contributed by atoms with Crippen LogP contribution in [0.4, 0.5) is 0 Å². The van der Waals surface area contributed by atoms with E-state index in [1.54, 1.807) is 6.20 Å². The molecule has 3 nitrogen and oxygen atoms in total. The Morgan fingerprint density at radius 1 is 0.725 bits per heavy atom. The summed E-state index contributed by atoms with van der Waals surface area (Å²) >= 11 is 0. The van der Waals surface area contributed by atoms with Crippen molar-refractivity contribution in [3.63, 3.8) is 0 Å². The largest absolute Gasteiger partial charge is 3.00 e. The summed E-state index contributed by atoms with van der Waals surface area (Å²) in [4.78, 5) is 4.22. The first-order valence-electron chi connectivity index (χ1n) is 18.3. The van der Waals surface area contributed by atoms with Gasteiger partial charge in [0.1, 0.15) is 0 Å². The van der Waals surface area contributed by atoms with Gasteiger partial charge in [-0.2, -0.15) is 17.7 Å². The molecule has 0 N–H and O–H groups in total. The van der Waals surface area contributed by atoms with Crippen LogP contribution in [0.3, 0.4) is 0 Å². The fraction of sp³-hybridized carbons (Fsp3) is 0.362. The Morgan fingerprint density at radius 2 is 1.39 bits per heavy atom. The molecule has 0 amide bonds. The Labute approximate surface area is 319 Å². The van der Waals surface area contributed by atoms with Gasteiger partial charge in [-0.25, -0.2) is 0 Å². The van der Waals surface area contributed by atoms with Crippen LogP contribution in [0.5, 0.6) is 0 Å². The van der Waals surface area contributed by atoms with Crippen molar-refractivity contribution < 1.29 is 24.7 Å². The van der Waals surface area contributed by atoms with E-state index >= 15 is 0 Å². The van der Waals surface area contributed by atoms with Gasteiger partial charge in [0.25, 0.3) is 6.33 Å². The van der Waals surface area contributed by atoms with Crippen LogP contribution in [0.15, 0.2) is 91.1 Å². The molecule has 0 saturated heterocycles. The molecule has 0 bridgehead atoms. The SMILES string of the molecule is CC(C)c1cccc(C(C)C)c1-n1[c-][n+]2c3c(cccc31)C(C)(C)c1cc3c([c-]c1-2)C(C)(C)CCC3(C)C.[Ir+3].[c-]1ccccc1-c1ccccn1. The van der Waals surface area contributed by atoms with Crippen LogP contribution in [0.1, 0.15) is 127 Å². The summed E-state index contributed by atoms with van der Waals surface area (Å²) in [6.07, 6.45) is 8.07. The minimum Gasteiger partial charge on any atom is -0.314 e. The van der Waals surface area contributed by atoms with Crippen LogP contribution in [0, 0.1) is 18.5 Å². The number of imidazole rings is 1. The number of pyridine rings is 1. The maximum Gasteiger partial charge on any atom is 3.00 e. The van der Waals surface area contributed by atoms with Crippen LogP contribution in [0.2, 0.25) is 0 Å². The number of aromatic nitrogens is 3. The molecule has 6 aromatic rings. The standard InChI is InChI=1S/C36H43N2.C11H8N.Ir/c1-22(2)24-13-11-14-25(23(3)4)32(24)37-21-38-31-20-28-27(34(5,6)17-18-35(28,7)8)19-29(31)36(9,10)26-15-12-16-30(37)33(26)38;1-2-6-10(7-3-1)11-8-4-5-9-12-11;/h11-16,19,22-23H,17-18H2,1-10H3;1-6,8-9H;/q2*-1;+3. The molecule has 1 aliphatic carbocycles. The van der Waals surface area contributed by atoms with E-state index in [0.717, 1.165) is 11.3 Å². The van der Waals surface area contributed by atoms with Crippen molar-refractivity contribution in [2.45, 2.75) is 110 Å². The second-order valence-corrected chi connectivity index (χ2v) is 16.7. The molecule has 0 fully saturated rings. The van der Waals surface area contributed by atoms with Crippen molar-refractivity contribution in [1.82, 2.24) is 9.55 Å². The van der Waals surface area contributed by atoms with Crippen molar-refractivity contribution in [1.29, 1.82) is 0 Å². The Bertz CT molecular complexity index is 2120. The van der Waals surface area contributed by atoms with Crippen molar-refractivity contribution >= 4 is 11.0 Å². The van der Waals surface area contributed by atoms with E-state index in [2.05, 4.69) is 144 Å². The van der Waals surface area contributed by atoms with Crippen molar-refractivity contribution in [2.24, 2.45) is 0 Å². The summed E-state index contributed by atoms with van der Waals surface area (Å²) in [7, 11) is 0.